The molecule has 3 nitrogen and oxygen atoms in total. The van der Waals surface area contributed by atoms with E-state index in [1.807, 2.05) is 26.0 Å². The molecule has 1 aliphatic rings. The van der Waals surface area contributed by atoms with E-state index < -0.39 is 0 Å². The Hall–Kier alpha value is -1.06. The Labute approximate surface area is 100.0 Å². The molecule has 0 saturated carbocycles. The number of alkyl halides is 1. The van der Waals surface area contributed by atoms with E-state index in [2.05, 4.69) is 0 Å². The smallest absolute Gasteiger partial charge is 0.243 e. The van der Waals surface area contributed by atoms with Gasteiger partial charge in [0, 0.05) is 5.56 Å². The van der Waals surface area contributed by atoms with Gasteiger partial charge >= 0.3 is 0 Å². The van der Waals surface area contributed by atoms with E-state index in [4.69, 9.17) is 16.3 Å². The van der Waals surface area contributed by atoms with Crippen molar-refractivity contribution in [1.29, 1.82) is 0 Å². The van der Waals surface area contributed by atoms with Gasteiger partial charge in [-0.25, -0.2) is 0 Å². The summed E-state index contributed by atoms with van der Waals surface area (Å²) in [5, 5.41) is 0. The van der Waals surface area contributed by atoms with E-state index >= 15 is 0 Å². The average molecular weight is 240 g/mol. The number of carbonyl (C=O) groups excluding carboxylic acids is 1. The van der Waals surface area contributed by atoms with E-state index in [0.29, 0.717) is 13.3 Å². The summed E-state index contributed by atoms with van der Waals surface area (Å²) in [7, 11) is 0. The van der Waals surface area contributed by atoms with Crippen molar-refractivity contribution in [1.82, 2.24) is 0 Å². The third kappa shape index (κ3) is 1.81. The van der Waals surface area contributed by atoms with Crippen molar-refractivity contribution in [2.75, 3.05) is 17.5 Å². The Balaban J connectivity index is 2.51. The lowest BCUT2D eigenvalue weighted by Crippen LogP contribution is -2.38. The van der Waals surface area contributed by atoms with Gasteiger partial charge < -0.3 is 4.74 Å². The molecule has 0 unspecified atom stereocenters. The van der Waals surface area contributed by atoms with Crippen LogP contribution in [0.5, 0.6) is 0 Å². The van der Waals surface area contributed by atoms with Gasteiger partial charge in [0.05, 0.1) is 12.3 Å². The first-order valence-corrected chi connectivity index (χ1v) is 5.71. The summed E-state index contributed by atoms with van der Waals surface area (Å²) in [6.45, 7) is 4.91. The minimum Gasteiger partial charge on any atom is -0.356 e. The van der Waals surface area contributed by atoms with Crippen LogP contribution < -0.4 is 4.90 Å². The Morgan fingerprint density at radius 3 is 2.94 bits per heavy atom. The molecule has 4 heteroatoms. The van der Waals surface area contributed by atoms with Gasteiger partial charge in [-0.3, -0.25) is 9.69 Å². The van der Waals surface area contributed by atoms with Crippen molar-refractivity contribution >= 4 is 23.2 Å². The second-order valence-electron chi connectivity index (χ2n) is 3.95. The summed E-state index contributed by atoms with van der Waals surface area (Å²) in [5.41, 5.74) is 4.32. The van der Waals surface area contributed by atoms with Crippen molar-refractivity contribution in [2.24, 2.45) is 0 Å². The van der Waals surface area contributed by atoms with Gasteiger partial charge in [0.2, 0.25) is 5.91 Å². The zero-order valence-corrected chi connectivity index (χ0v) is 10.2. The van der Waals surface area contributed by atoms with Crippen LogP contribution in [0.25, 0.3) is 0 Å². The molecule has 2 rings (SSSR count). The van der Waals surface area contributed by atoms with E-state index in [1.54, 1.807) is 4.90 Å². The van der Waals surface area contributed by atoms with Crippen LogP contribution in [0, 0.1) is 13.8 Å². The van der Waals surface area contributed by atoms with Gasteiger partial charge in [0.25, 0.3) is 0 Å². The molecule has 0 atom stereocenters. The summed E-state index contributed by atoms with van der Waals surface area (Å²) in [6.07, 6.45) is 0. The molecular weight excluding hydrogens is 226 g/mol. The highest BCUT2D eigenvalue weighted by atomic mass is 35.5. The van der Waals surface area contributed by atoms with Gasteiger partial charge in [-0.2, -0.15) is 0 Å². The fourth-order valence-electron chi connectivity index (χ4n) is 1.93. The van der Waals surface area contributed by atoms with Crippen LogP contribution in [0.4, 0.5) is 5.69 Å². The highest BCUT2D eigenvalue weighted by Gasteiger charge is 2.24. The van der Waals surface area contributed by atoms with Crippen molar-refractivity contribution in [3.05, 3.63) is 28.8 Å². The van der Waals surface area contributed by atoms with E-state index in [1.165, 1.54) is 5.56 Å². The Bertz CT molecular complexity index is 431. The molecule has 1 heterocycles. The summed E-state index contributed by atoms with van der Waals surface area (Å²) in [6, 6.07) is 4.05. The zero-order valence-electron chi connectivity index (χ0n) is 9.42. The van der Waals surface area contributed by atoms with Crippen LogP contribution in [0.1, 0.15) is 16.7 Å². The van der Waals surface area contributed by atoms with Crippen molar-refractivity contribution in [3.8, 4) is 0 Å². The second-order valence-corrected chi connectivity index (χ2v) is 4.22. The van der Waals surface area contributed by atoms with Gasteiger partial charge in [-0.05, 0) is 25.0 Å². The van der Waals surface area contributed by atoms with Gasteiger partial charge in [0.1, 0.15) is 12.6 Å². The van der Waals surface area contributed by atoms with E-state index in [-0.39, 0.29) is 11.8 Å². The summed E-state index contributed by atoms with van der Waals surface area (Å²) < 4.78 is 5.37. The molecule has 0 spiro atoms. The average Bonchev–Trinajstić information content (AvgIpc) is 2.32. The molecule has 1 aromatic carbocycles. The number of hydrogen-bond acceptors (Lipinski definition) is 2. The first-order chi connectivity index (χ1) is 7.65. The number of rotatable bonds is 1. The number of carbonyl (C=O) groups is 1. The van der Waals surface area contributed by atoms with Crippen LogP contribution in [0.3, 0.4) is 0 Å². The predicted octanol–water partition coefficient (Wildman–Crippen LogP) is 2.36. The third-order valence-electron chi connectivity index (χ3n) is 2.95. The zero-order chi connectivity index (χ0) is 11.7. The molecule has 1 aromatic rings. The normalized spacial score (nSPS) is 14.8. The highest BCUT2D eigenvalue weighted by molar-refractivity contribution is 6.29. The van der Waals surface area contributed by atoms with Crippen molar-refractivity contribution < 1.29 is 9.53 Å². The topological polar surface area (TPSA) is 29.5 Å². The molecule has 1 amide bonds. The van der Waals surface area contributed by atoms with E-state index in [0.717, 1.165) is 16.8 Å². The number of fused-ring (bicyclic) bond motifs is 1. The summed E-state index contributed by atoms with van der Waals surface area (Å²) in [5.74, 6) is -0.132. The fraction of sp³-hybridized carbons (Fsp3) is 0.417. The van der Waals surface area contributed by atoms with Crippen molar-refractivity contribution in [3.63, 3.8) is 0 Å². The molecule has 0 saturated heterocycles. The van der Waals surface area contributed by atoms with Crippen LogP contribution >= 0.6 is 11.6 Å². The molecular formula is C12H14ClNO2. The molecule has 0 fully saturated rings. The summed E-state index contributed by atoms with van der Waals surface area (Å²) in [4.78, 5) is 13.3. The fourth-order valence-corrected chi connectivity index (χ4v) is 2.07. The van der Waals surface area contributed by atoms with Crippen LogP contribution in [0.2, 0.25) is 0 Å². The minimum atomic E-state index is -0.115. The van der Waals surface area contributed by atoms with E-state index in [9.17, 15) is 4.79 Å². The standard InChI is InChI=1S/C12H14ClNO2/c1-8-3-4-10-6-16-7-14(11(15)5-13)12(10)9(8)2/h3-4H,5-7H2,1-2H3. The largest absolute Gasteiger partial charge is 0.356 e. The van der Waals surface area contributed by atoms with Crippen LogP contribution in [-0.4, -0.2) is 18.5 Å². The highest BCUT2D eigenvalue weighted by Crippen LogP contribution is 2.31. The predicted molar refractivity (Wildman–Crippen MR) is 63.8 cm³/mol. The van der Waals surface area contributed by atoms with Gasteiger partial charge in [-0.1, -0.05) is 12.1 Å². The number of benzene rings is 1. The maximum absolute atomic E-state index is 11.7. The van der Waals surface area contributed by atoms with Crippen LogP contribution in [-0.2, 0) is 16.1 Å². The molecule has 0 bridgehead atoms. The second kappa shape index (κ2) is 4.44. The molecule has 16 heavy (non-hydrogen) atoms. The number of ether oxygens (including phenoxy) is 1. The van der Waals surface area contributed by atoms with Gasteiger partial charge in [0.15, 0.2) is 0 Å². The first-order valence-electron chi connectivity index (χ1n) is 5.18. The maximum atomic E-state index is 11.7. The molecule has 86 valence electrons. The SMILES string of the molecule is Cc1ccc2c(c1C)N(C(=O)CCl)COC2. The Morgan fingerprint density at radius 2 is 2.25 bits per heavy atom. The molecule has 0 N–H and O–H groups in total. The lowest BCUT2D eigenvalue weighted by atomic mass is 10.0. The number of nitrogens with zero attached hydrogens (tertiary/aromatic N) is 1. The number of halogens is 1. The lowest BCUT2D eigenvalue weighted by molar-refractivity contribution is -0.117. The minimum absolute atomic E-state index is 0.0177. The number of hydrogen-bond donors (Lipinski definition) is 0. The monoisotopic (exact) mass is 239 g/mol. The number of anilines is 1. The Morgan fingerprint density at radius 1 is 1.50 bits per heavy atom. The van der Waals surface area contributed by atoms with Crippen LogP contribution in [0.15, 0.2) is 12.1 Å². The quantitative estimate of drug-likeness (QED) is 0.705. The van der Waals surface area contributed by atoms with Gasteiger partial charge in [-0.15, -0.1) is 11.6 Å². The molecule has 1 aliphatic heterocycles. The maximum Gasteiger partial charge on any atom is 0.243 e. The molecule has 0 aliphatic carbocycles. The number of amides is 1. The Kier molecular flexibility index (Phi) is 3.17. The molecule has 0 radical (unpaired) electrons. The first kappa shape index (κ1) is 11.4. The lowest BCUT2D eigenvalue weighted by Gasteiger charge is -2.31. The summed E-state index contributed by atoms with van der Waals surface area (Å²) >= 11 is 5.60. The molecule has 0 aromatic heterocycles. The van der Waals surface area contributed by atoms with Crippen molar-refractivity contribution in [2.45, 2.75) is 20.5 Å². The third-order valence-corrected chi connectivity index (χ3v) is 3.18. The number of aryl methyl sites for hydroxylation is 1.